The predicted octanol–water partition coefficient (Wildman–Crippen LogP) is 0.199. The van der Waals surface area contributed by atoms with Gasteiger partial charge in [0.2, 0.25) is 0 Å². The van der Waals surface area contributed by atoms with Gasteiger partial charge in [-0.1, -0.05) is 0 Å². The molecule has 0 saturated carbocycles. The lowest BCUT2D eigenvalue weighted by molar-refractivity contribution is 0.0533. The van der Waals surface area contributed by atoms with Gasteiger partial charge < -0.3 is 14.4 Å². The van der Waals surface area contributed by atoms with Gasteiger partial charge in [0.05, 0.1) is 19.3 Å². The van der Waals surface area contributed by atoms with Crippen LogP contribution in [0.25, 0.3) is 0 Å². The fourth-order valence-electron chi connectivity index (χ4n) is 1.07. The number of aromatic nitrogens is 2. The van der Waals surface area contributed by atoms with Crippen molar-refractivity contribution in [1.29, 1.82) is 0 Å². The van der Waals surface area contributed by atoms with Gasteiger partial charge >= 0.3 is 0 Å². The van der Waals surface area contributed by atoms with Crippen LogP contribution in [0.3, 0.4) is 0 Å². The molecule has 0 fully saturated rings. The molecule has 1 aromatic heterocycles. The number of hydrogen-bond donors (Lipinski definition) is 1. The quantitative estimate of drug-likeness (QED) is 0.702. The van der Waals surface area contributed by atoms with Crippen LogP contribution >= 0.6 is 0 Å². The Morgan fingerprint density at radius 1 is 1.75 bits per heavy atom. The molecule has 1 rings (SSSR count). The molecular formula is C8H14N2O2. The third kappa shape index (κ3) is 2.32. The number of rotatable bonds is 4. The number of nitrogens with zero attached hydrogens (tertiary/aromatic N) is 2. The first-order chi connectivity index (χ1) is 5.74. The first kappa shape index (κ1) is 9.22. The van der Waals surface area contributed by atoms with Crippen molar-refractivity contribution in [1.82, 2.24) is 9.55 Å². The second-order valence-corrected chi connectivity index (χ2v) is 2.74. The van der Waals surface area contributed by atoms with E-state index in [-0.39, 0.29) is 0 Å². The van der Waals surface area contributed by atoms with Gasteiger partial charge in [0.1, 0.15) is 5.82 Å². The van der Waals surface area contributed by atoms with Crippen molar-refractivity contribution in [2.75, 3.05) is 13.7 Å². The van der Waals surface area contributed by atoms with Gasteiger partial charge in [-0.2, -0.15) is 0 Å². The Balaban J connectivity index is 2.46. The van der Waals surface area contributed by atoms with E-state index < -0.39 is 6.10 Å². The number of aliphatic hydroxyl groups excluding tert-OH is 1. The molecule has 68 valence electrons. The molecule has 1 aromatic rings. The van der Waals surface area contributed by atoms with Crippen molar-refractivity contribution in [2.45, 2.75) is 19.6 Å². The number of imidazole rings is 1. The van der Waals surface area contributed by atoms with Crippen LogP contribution in [0, 0.1) is 6.92 Å². The minimum Gasteiger partial charge on any atom is -0.389 e. The molecule has 0 aliphatic heterocycles. The highest BCUT2D eigenvalue weighted by atomic mass is 16.5. The lowest BCUT2D eigenvalue weighted by Gasteiger charge is -2.10. The fraction of sp³-hybridized carbons (Fsp3) is 0.625. The first-order valence-corrected chi connectivity index (χ1v) is 3.88. The van der Waals surface area contributed by atoms with Crippen LogP contribution in [-0.4, -0.2) is 34.5 Å². The van der Waals surface area contributed by atoms with Gasteiger partial charge in [0.15, 0.2) is 0 Å². The summed E-state index contributed by atoms with van der Waals surface area (Å²) < 4.78 is 6.70. The summed E-state index contributed by atoms with van der Waals surface area (Å²) in [4.78, 5) is 4.04. The van der Waals surface area contributed by atoms with Crippen molar-refractivity contribution in [3.63, 3.8) is 0 Å². The lowest BCUT2D eigenvalue weighted by Crippen LogP contribution is -2.21. The SMILES string of the molecule is COCC(O)Cn1ccnc1C. The molecule has 4 heteroatoms. The Labute approximate surface area is 71.8 Å². The Morgan fingerprint density at radius 3 is 3.00 bits per heavy atom. The van der Waals surface area contributed by atoms with E-state index in [1.807, 2.05) is 17.7 Å². The third-order valence-corrected chi connectivity index (χ3v) is 1.69. The molecule has 0 aliphatic rings. The van der Waals surface area contributed by atoms with E-state index in [1.54, 1.807) is 13.3 Å². The second kappa shape index (κ2) is 4.23. The Kier molecular flexibility index (Phi) is 3.25. The molecule has 0 saturated heterocycles. The highest BCUT2D eigenvalue weighted by molar-refractivity contribution is 4.88. The summed E-state index contributed by atoms with van der Waals surface area (Å²) in [6.07, 6.45) is 3.10. The van der Waals surface area contributed by atoms with E-state index in [1.165, 1.54) is 0 Å². The summed E-state index contributed by atoms with van der Waals surface area (Å²) in [7, 11) is 1.57. The predicted molar refractivity (Wildman–Crippen MR) is 44.8 cm³/mol. The van der Waals surface area contributed by atoms with Gasteiger partial charge in [-0.25, -0.2) is 4.98 Å². The van der Waals surface area contributed by atoms with E-state index in [9.17, 15) is 5.11 Å². The molecule has 0 aliphatic carbocycles. The van der Waals surface area contributed by atoms with E-state index >= 15 is 0 Å². The topological polar surface area (TPSA) is 47.3 Å². The maximum absolute atomic E-state index is 9.37. The normalized spacial score (nSPS) is 13.2. The van der Waals surface area contributed by atoms with E-state index in [4.69, 9.17) is 4.74 Å². The van der Waals surface area contributed by atoms with Gasteiger partial charge in [-0.05, 0) is 6.92 Å². The summed E-state index contributed by atoms with van der Waals surface area (Å²) in [6, 6.07) is 0. The number of aliphatic hydroxyl groups is 1. The van der Waals surface area contributed by atoms with Crippen LogP contribution in [-0.2, 0) is 11.3 Å². The molecule has 0 amide bonds. The molecule has 0 aromatic carbocycles. The van der Waals surface area contributed by atoms with E-state index in [0.29, 0.717) is 13.2 Å². The zero-order valence-corrected chi connectivity index (χ0v) is 7.40. The molecule has 1 heterocycles. The lowest BCUT2D eigenvalue weighted by atomic mass is 10.4. The first-order valence-electron chi connectivity index (χ1n) is 3.88. The maximum Gasteiger partial charge on any atom is 0.105 e. The fourth-order valence-corrected chi connectivity index (χ4v) is 1.07. The molecular weight excluding hydrogens is 156 g/mol. The van der Waals surface area contributed by atoms with Crippen LogP contribution in [0.2, 0.25) is 0 Å². The average Bonchev–Trinajstić information content (AvgIpc) is 2.37. The molecule has 12 heavy (non-hydrogen) atoms. The monoisotopic (exact) mass is 170 g/mol. The number of aryl methyl sites for hydroxylation is 1. The van der Waals surface area contributed by atoms with Crippen molar-refractivity contribution in [3.05, 3.63) is 18.2 Å². The summed E-state index contributed by atoms with van der Waals surface area (Å²) >= 11 is 0. The number of methoxy groups -OCH3 is 1. The van der Waals surface area contributed by atoms with Crippen molar-refractivity contribution in [3.8, 4) is 0 Å². The van der Waals surface area contributed by atoms with Crippen LogP contribution in [0.5, 0.6) is 0 Å². The molecule has 1 unspecified atom stereocenters. The number of hydrogen-bond acceptors (Lipinski definition) is 3. The molecule has 0 bridgehead atoms. The minimum atomic E-state index is -0.456. The summed E-state index contributed by atoms with van der Waals surface area (Å²) in [5.74, 6) is 0.908. The largest absolute Gasteiger partial charge is 0.389 e. The maximum atomic E-state index is 9.37. The Hall–Kier alpha value is -0.870. The summed E-state index contributed by atoms with van der Waals surface area (Å²) in [5.41, 5.74) is 0. The Morgan fingerprint density at radius 2 is 2.50 bits per heavy atom. The molecule has 0 radical (unpaired) electrons. The van der Waals surface area contributed by atoms with Crippen LogP contribution in [0.15, 0.2) is 12.4 Å². The van der Waals surface area contributed by atoms with E-state index in [2.05, 4.69) is 4.98 Å². The van der Waals surface area contributed by atoms with Gasteiger partial charge in [-0.3, -0.25) is 0 Å². The van der Waals surface area contributed by atoms with Crippen molar-refractivity contribution >= 4 is 0 Å². The van der Waals surface area contributed by atoms with Gasteiger partial charge in [-0.15, -0.1) is 0 Å². The van der Waals surface area contributed by atoms with Crippen LogP contribution in [0.1, 0.15) is 5.82 Å². The summed E-state index contributed by atoms with van der Waals surface area (Å²) in [5, 5.41) is 9.37. The average molecular weight is 170 g/mol. The Bertz CT molecular complexity index is 235. The molecule has 0 spiro atoms. The molecule has 1 N–H and O–H groups in total. The highest BCUT2D eigenvalue weighted by Gasteiger charge is 2.05. The molecule has 1 atom stereocenters. The third-order valence-electron chi connectivity index (χ3n) is 1.69. The van der Waals surface area contributed by atoms with Crippen LogP contribution in [0.4, 0.5) is 0 Å². The highest BCUT2D eigenvalue weighted by Crippen LogP contribution is 1.97. The van der Waals surface area contributed by atoms with Crippen molar-refractivity contribution in [2.24, 2.45) is 0 Å². The summed E-state index contributed by atoms with van der Waals surface area (Å²) in [6.45, 7) is 2.80. The standard InChI is InChI=1S/C8H14N2O2/c1-7-9-3-4-10(7)5-8(11)6-12-2/h3-4,8,11H,5-6H2,1-2H3. The zero-order valence-electron chi connectivity index (χ0n) is 7.40. The van der Waals surface area contributed by atoms with E-state index in [0.717, 1.165) is 5.82 Å². The van der Waals surface area contributed by atoms with Crippen LogP contribution < -0.4 is 0 Å². The smallest absolute Gasteiger partial charge is 0.105 e. The second-order valence-electron chi connectivity index (χ2n) is 2.74. The minimum absolute atomic E-state index is 0.359. The number of ether oxygens (including phenoxy) is 1. The van der Waals surface area contributed by atoms with Gasteiger partial charge in [0, 0.05) is 19.5 Å². The molecule has 4 nitrogen and oxygen atoms in total. The van der Waals surface area contributed by atoms with Gasteiger partial charge in [0.25, 0.3) is 0 Å². The van der Waals surface area contributed by atoms with Crippen molar-refractivity contribution < 1.29 is 9.84 Å². The zero-order chi connectivity index (χ0) is 8.97.